The van der Waals surface area contributed by atoms with Crippen molar-refractivity contribution in [2.24, 2.45) is 0 Å². The van der Waals surface area contributed by atoms with E-state index in [9.17, 15) is 14.4 Å². The van der Waals surface area contributed by atoms with Gasteiger partial charge in [0, 0.05) is 18.5 Å². The molecule has 0 radical (unpaired) electrons. The summed E-state index contributed by atoms with van der Waals surface area (Å²) in [6.45, 7) is 7.60. The van der Waals surface area contributed by atoms with E-state index in [-0.39, 0.29) is 30.9 Å². The molecule has 1 aromatic carbocycles. The fraction of sp³-hybridized carbons (Fsp3) is 0.333. The lowest BCUT2D eigenvalue weighted by Crippen LogP contribution is -2.34. The third-order valence-corrected chi connectivity index (χ3v) is 4.74. The number of carbonyl (C=O) groups is 2. The first-order valence-corrected chi connectivity index (χ1v) is 10.4. The van der Waals surface area contributed by atoms with Crippen LogP contribution in [-0.2, 0) is 22.6 Å². The number of anilines is 1. The van der Waals surface area contributed by atoms with E-state index in [1.807, 2.05) is 31.2 Å². The minimum absolute atomic E-state index is 0.0137. The maximum Gasteiger partial charge on any atom is 0.308 e. The molecule has 8 heteroatoms. The van der Waals surface area contributed by atoms with Gasteiger partial charge in [-0.2, -0.15) is 0 Å². The van der Waals surface area contributed by atoms with Crippen LogP contribution in [0.25, 0.3) is 11.0 Å². The van der Waals surface area contributed by atoms with Crippen LogP contribution in [0.4, 0.5) is 5.82 Å². The number of fused-ring (bicyclic) bond motifs is 1. The molecule has 8 nitrogen and oxygen atoms in total. The van der Waals surface area contributed by atoms with Gasteiger partial charge in [0.25, 0.3) is 11.5 Å². The van der Waals surface area contributed by atoms with E-state index in [1.165, 1.54) is 10.6 Å². The van der Waals surface area contributed by atoms with Crippen LogP contribution in [0.1, 0.15) is 48.7 Å². The minimum Gasteiger partial charge on any atom is -0.460 e. The summed E-state index contributed by atoms with van der Waals surface area (Å²) in [5, 5.41) is 3.36. The van der Waals surface area contributed by atoms with E-state index in [0.717, 1.165) is 11.1 Å². The Morgan fingerprint density at radius 2 is 1.81 bits per heavy atom. The molecule has 0 saturated heterocycles. The molecule has 168 valence electrons. The molecule has 0 unspecified atom stereocenters. The molecule has 2 heterocycles. The summed E-state index contributed by atoms with van der Waals surface area (Å²) in [5.41, 5.74) is 6.96. The normalized spacial score (nSPS) is 11.4. The van der Waals surface area contributed by atoms with Crippen LogP contribution in [0, 0.1) is 6.92 Å². The topological polar surface area (TPSA) is 116 Å². The van der Waals surface area contributed by atoms with Gasteiger partial charge in [0.05, 0.1) is 6.42 Å². The summed E-state index contributed by atoms with van der Waals surface area (Å²) in [6, 6.07) is 12.5. The zero-order chi connectivity index (χ0) is 23.5. The van der Waals surface area contributed by atoms with E-state index in [0.29, 0.717) is 11.0 Å². The fourth-order valence-corrected chi connectivity index (χ4v) is 3.21. The lowest BCUT2D eigenvalue weighted by Gasteiger charge is -2.20. The van der Waals surface area contributed by atoms with Crippen molar-refractivity contribution in [2.45, 2.75) is 52.8 Å². The van der Waals surface area contributed by atoms with E-state index in [4.69, 9.17) is 10.5 Å². The average molecular weight is 437 g/mol. The first-order valence-electron chi connectivity index (χ1n) is 10.4. The van der Waals surface area contributed by atoms with Gasteiger partial charge in [0.2, 0.25) is 0 Å². The van der Waals surface area contributed by atoms with Gasteiger partial charge in [-0.3, -0.25) is 19.0 Å². The number of carbonyl (C=O) groups excluding carboxylic acids is 2. The van der Waals surface area contributed by atoms with Crippen LogP contribution < -0.4 is 16.6 Å². The van der Waals surface area contributed by atoms with Crippen molar-refractivity contribution in [3.63, 3.8) is 0 Å². The summed E-state index contributed by atoms with van der Waals surface area (Å²) >= 11 is 0. The second kappa shape index (κ2) is 9.21. The Morgan fingerprint density at radius 1 is 1.12 bits per heavy atom. The van der Waals surface area contributed by atoms with Gasteiger partial charge in [0.15, 0.2) is 0 Å². The van der Waals surface area contributed by atoms with E-state index in [1.54, 1.807) is 32.9 Å². The molecule has 2 aromatic heterocycles. The largest absolute Gasteiger partial charge is 0.460 e. The number of aryl methyl sites for hydroxylation is 2. The Morgan fingerprint density at radius 3 is 2.47 bits per heavy atom. The van der Waals surface area contributed by atoms with Gasteiger partial charge in [-0.15, -0.1) is 0 Å². The second-order valence-corrected chi connectivity index (χ2v) is 8.67. The zero-order valence-electron chi connectivity index (χ0n) is 18.8. The van der Waals surface area contributed by atoms with Crippen molar-refractivity contribution >= 4 is 28.7 Å². The Kier molecular flexibility index (Phi) is 6.62. The first-order chi connectivity index (χ1) is 15.0. The lowest BCUT2D eigenvalue weighted by atomic mass is 10.1. The molecule has 0 atom stereocenters. The van der Waals surface area contributed by atoms with Crippen molar-refractivity contribution < 1.29 is 14.3 Å². The number of nitrogens with one attached hydrogen (secondary N) is 1. The number of hydrogen-bond acceptors (Lipinski definition) is 6. The number of nitrogens with two attached hydrogens (primary N) is 1. The highest BCUT2D eigenvalue weighted by molar-refractivity contribution is 5.97. The smallest absolute Gasteiger partial charge is 0.308 e. The maximum absolute atomic E-state index is 13.2. The quantitative estimate of drug-likeness (QED) is 0.574. The Labute approximate surface area is 186 Å². The molecular formula is C24H28N4O4. The predicted octanol–water partition coefficient (Wildman–Crippen LogP) is 2.95. The third-order valence-electron chi connectivity index (χ3n) is 4.74. The number of benzene rings is 1. The highest BCUT2D eigenvalue weighted by atomic mass is 16.6. The summed E-state index contributed by atoms with van der Waals surface area (Å²) in [4.78, 5) is 42.4. The summed E-state index contributed by atoms with van der Waals surface area (Å²) in [5.74, 6) is -0.713. The average Bonchev–Trinajstić information content (AvgIpc) is 2.71. The van der Waals surface area contributed by atoms with E-state index < -0.39 is 23.0 Å². The molecule has 3 rings (SSSR count). The number of amides is 1. The van der Waals surface area contributed by atoms with Gasteiger partial charge < -0.3 is 15.8 Å². The number of hydrogen-bond donors (Lipinski definition) is 2. The lowest BCUT2D eigenvalue weighted by molar-refractivity contribution is -0.155. The van der Waals surface area contributed by atoms with Crippen molar-refractivity contribution in [1.29, 1.82) is 0 Å². The van der Waals surface area contributed by atoms with E-state index in [2.05, 4.69) is 10.3 Å². The van der Waals surface area contributed by atoms with Crippen LogP contribution in [0.15, 0.2) is 47.3 Å². The third kappa shape index (κ3) is 5.72. The first kappa shape index (κ1) is 23.0. The number of pyridine rings is 2. The Bertz CT molecular complexity index is 1210. The van der Waals surface area contributed by atoms with E-state index >= 15 is 0 Å². The number of nitrogen functional groups attached to an aromatic ring is 1. The van der Waals surface area contributed by atoms with Crippen molar-refractivity contribution in [2.75, 3.05) is 5.73 Å². The predicted molar refractivity (Wildman–Crippen MR) is 123 cm³/mol. The molecule has 1 amide bonds. The summed E-state index contributed by atoms with van der Waals surface area (Å²) in [7, 11) is 0. The van der Waals surface area contributed by atoms with Crippen LogP contribution >= 0.6 is 0 Å². The molecule has 0 bridgehead atoms. The molecule has 0 aliphatic heterocycles. The number of nitrogens with zero attached hydrogens (tertiary/aromatic N) is 2. The molecule has 0 aliphatic carbocycles. The number of aromatic nitrogens is 2. The number of ether oxygens (including phenoxy) is 1. The molecule has 0 aliphatic rings. The van der Waals surface area contributed by atoms with Crippen molar-refractivity contribution in [3.05, 3.63) is 69.5 Å². The molecule has 3 N–H and O–H groups in total. The van der Waals surface area contributed by atoms with Gasteiger partial charge in [-0.25, -0.2) is 4.98 Å². The number of esters is 1. The van der Waals surface area contributed by atoms with Crippen LogP contribution in [0.2, 0.25) is 0 Å². The SMILES string of the molecule is Cc1ccc(CNC(=O)c2cc3ccc(N)nc3n(CCC(=O)OC(C)(C)C)c2=O)cc1. The van der Waals surface area contributed by atoms with Crippen LogP contribution in [0.3, 0.4) is 0 Å². The monoisotopic (exact) mass is 436 g/mol. The zero-order valence-corrected chi connectivity index (χ0v) is 18.8. The standard InChI is InChI=1S/C24H28N4O4/c1-15-5-7-16(8-6-15)14-26-22(30)18-13-17-9-10-19(25)27-21(17)28(23(18)31)12-11-20(29)32-24(2,3)4/h5-10,13H,11-12,14H2,1-4H3,(H2,25,27)(H,26,30). The van der Waals surface area contributed by atoms with Gasteiger partial charge >= 0.3 is 5.97 Å². The Hall–Kier alpha value is -3.68. The fourth-order valence-electron chi connectivity index (χ4n) is 3.21. The van der Waals surface area contributed by atoms with Crippen molar-refractivity contribution in [1.82, 2.24) is 14.9 Å². The van der Waals surface area contributed by atoms with Gasteiger partial charge in [-0.1, -0.05) is 29.8 Å². The van der Waals surface area contributed by atoms with Gasteiger partial charge in [0.1, 0.15) is 22.6 Å². The summed E-state index contributed by atoms with van der Waals surface area (Å²) < 4.78 is 6.63. The van der Waals surface area contributed by atoms with Crippen LogP contribution in [-0.4, -0.2) is 27.0 Å². The van der Waals surface area contributed by atoms with Gasteiger partial charge in [-0.05, 0) is 51.5 Å². The molecule has 0 fully saturated rings. The second-order valence-electron chi connectivity index (χ2n) is 8.67. The molecule has 3 aromatic rings. The highest BCUT2D eigenvalue weighted by Crippen LogP contribution is 2.15. The molecule has 0 spiro atoms. The van der Waals surface area contributed by atoms with Crippen LogP contribution in [0.5, 0.6) is 0 Å². The minimum atomic E-state index is -0.634. The maximum atomic E-state index is 13.2. The Balaban J connectivity index is 1.89. The highest BCUT2D eigenvalue weighted by Gasteiger charge is 2.20. The van der Waals surface area contributed by atoms with Crippen molar-refractivity contribution in [3.8, 4) is 0 Å². The molecule has 32 heavy (non-hydrogen) atoms. The summed E-state index contributed by atoms with van der Waals surface area (Å²) in [6.07, 6.45) is -0.0444. The molecular weight excluding hydrogens is 408 g/mol. The number of rotatable bonds is 6. The molecule has 0 saturated carbocycles.